The first kappa shape index (κ1) is 11.5. The Labute approximate surface area is 110 Å². The van der Waals surface area contributed by atoms with Crippen molar-refractivity contribution in [1.29, 1.82) is 0 Å². The molecule has 3 rings (SSSR count). The molecule has 0 unspecified atom stereocenters. The average molecular weight is 285 g/mol. The van der Waals surface area contributed by atoms with Gasteiger partial charge in [-0.3, -0.25) is 4.79 Å². The van der Waals surface area contributed by atoms with Gasteiger partial charge in [0.25, 0.3) is 5.24 Å². The maximum absolute atomic E-state index is 13.3. The van der Waals surface area contributed by atoms with Crippen molar-refractivity contribution in [2.45, 2.75) is 0 Å². The quantitative estimate of drug-likeness (QED) is 0.845. The molecule has 8 heteroatoms. The van der Waals surface area contributed by atoms with Crippen LogP contribution in [0, 0.1) is 5.82 Å². The highest BCUT2D eigenvalue weighted by Crippen LogP contribution is 2.22. The molecular formula is C10H6ClFN4OS. The first-order valence-electron chi connectivity index (χ1n) is 4.98. The summed E-state index contributed by atoms with van der Waals surface area (Å²) in [4.78, 5) is 18.2. The van der Waals surface area contributed by atoms with Gasteiger partial charge in [0.1, 0.15) is 11.5 Å². The molecular weight excluding hydrogens is 279 g/mol. The lowest BCUT2D eigenvalue weighted by Gasteiger charge is -2.08. The minimum atomic E-state index is -0.507. The third-order valence-electron chi connectivity index (χ3n) is 2.42. The molecule has 0 bridgehead atoms. The van der Waals surface area contributed by atoms with Crippen molar-refractivity contribution in [2.75, 3.05) is 5.75 Å². The summed E-state index contributed by atoms with van der Waals surface area (Å²) >= 11 is 6.78. The zero-order valence-corrected chi connectivity index (χ0v) is 10.4. The Kier molecular flexibility index (Phi) is 2.71. The van der Waals surface area contributed by atoms with Crippen molar-refractivity contribution < 1.29 is 9.18 Å². The normalized spacial score (nSPS) is 15.7. The number of amides is 1. The first-order chi connectivity index (χ1) is 8.63. The highest BCUT2D eigenvalue weighted by atomic mass is 35.5. The van der Waals surface area contributed by atoms with Crippen LogP contribution in [0.4, 0.5) is 9.18 Å². The average Bonchev–Trinajstić information content (AvgIpc) is 2.73. The Balaban J connectivity index is 2.06. The number of carbonyl (C=O) groups is 1. The van der Waals surface area contributed by atoms with Crippen LogP contribution in [0.2, 0.25) is 5.02 Å². The summed E-state index contributed by atoms with van der Waals surface area (Å²) in [6, 6.07) is 2.73. The number of rotatable bonds is 1. The maximum Gasteiger partial charge on any atom is 0.299 e. The van der Waals surface area contributed by atoms with E-state index in [0.29, 0.717) is 28.3 Å². The minimum absolute atomic E-state index is 0.0220. The number of imidazole rings is 1. The summed E-state index contributed by atoms with van der Waals surface area (Å²) in [5, 5.41) is 3.71. The fourth-order valence-electron chi connectivity index (χ4n) is 1.57. The van der Waals surface area contributed by atoms with Crippen molar-refractivity contribution in [3.05, 3.63) is 28.8 Å². The van der Waals surface area contributed by atoms with Gasteiger partial charge in [-0.15, -0.1) is 0 Å². The van der Waals surface area contributed by atoms with Gasteiger partial charge >= 0.3 is 0 Å². The first-order valence-corrected chi connectivity index (χ1v) is 6.34. The number of hydrogen-bond donors (Lipinski definition) is 2. The number of H-pyrrole nitrogens is 1. The minimum Gasteiger partial charge on any atom is -0.337 e. The molecule has 1 aliphatic heterocycles. The molecule has 0 fully saturated rings. The molecule has 0 aliphatic carbocycles. The van der Waals surface area contributed by atoms with Crippen LogP contribution in [-0.2, 0) is 0 Å². The van der Waals surface area contributed by atoms with Gasteiger partial charge in [0.05, 0.1) is 21.8 Å². The summed E-state index contributed by atoms with van der Waals surface area (Å²) in [6.45, 7) is 0. The van der Waals surface area contributed by atoms with E-state index >= 15 is 0 Å². The SMILES string of the molecule is O=C1NN=C(c2nc3cc(Cl)c(F)cc3[nH]2)CS1. The molecule has 1 aliphatic rings. The van der Waals surface area contributed by atoms with E-state index < -0.39 is 5.82 Å². The van der Waals surface area contributed by atoms with E-state index in [1.54, 1.807) is 0 Å². The van der Waals surface area contributed by atoms with Crippen LogP contribution in [0.3, 0.4) is 0 Å². The smallest absolute Gasteiger partial charge is 0.299 e. The molecule has 5 nitrogen and oxygen atoms in total. The Morgan fingerprint density at radius 1 is 1.44 bits per heavy atom. The highest BCUT2D eigenvalue weighted by Gasteiger charge is 2.17. The van der Waals surface area contributed by atoms with Crippen molar-refractivity contribution in [1.82, 2.24) is 15.4 Å². The van der Waals surface area contributed by atoms with Crippen LogP contribution in [0.5, 0.6) is 0 Å². The second-order valence-electron chi connectivity index (χ2n) is 3.62. The number of thioether (sulfide) groups is 1. The molecule has 1 aromatic heterocycles. The van der Waals surface area contributed by atoms with Crippen molar-refractivity contribution in [3.63, 3.8) is 0 Å². The lowest BCUT2D eigenvalue weighted by Crippen LogP contribution is -2.24. The van der Waals surface area contributed by atoms with Gasteiger partial charge < -0.3 is 4.98 Å². The number of hydrogen-bond acceptors (Lipinski definition) is 4. The monoisotopic (exact) mass is 284 g/mol. The molecule has 0 saturated carbocycles. The van der Waals surface area contributed by atoms with Crippen molar-refractivity contribution >= 4 is 45.3 Å². The van der Waals surface area contributed by atoms with Gasteiger partial charge in [0.15, 0.2) is 5.82 Å². The van der Waals surface area contributed by atoms with Crippen LogP contribution in [0.1, 0.15) is 5.82 Å². The molecule has 2 N–H and O–H groups in total. The topological polar surface area (TPSA) is 70.1 Å². The third kappa shape index (κ3) is 1.95. The Bertz CT molecular complexity index is 645. The zero-order chi connectivity index (χ0) is 12.7. The molecule has 18 heavy (non-hydrogen) atoms. The number of benzene rings is 1. The number of halogens is 2. The van der Waals surface area contributed by atoms with Gasteiger partial charge in [0, 0.05) is 6.07 Å². The van der Waals surface area contributed by atoms with Crippen LogP contribution in [0.15, 0.2) is 17.2 Å². The predicted molar refractivity (Wildman–Crippen MR) is 68.6 cm³/mol. The molecule has 1 aromatic carbocycles. The number of fused-ring (bicyclic) bond motifs is 1. The fourth-order valence-corrected chi connectivity index (χ4v) is 2.31. The van der Waals surface area contributed by atoms with Crippen LogP contribution in [-0.4, -0.2) is 26.7 Å². The van der Waals surface area contributed by atoms with Gasteiger partial charge in [-0.1, -0.05) is 23.4 Å². The molecule has 2 heterocycles. The lowest BCUT2D eigenvalue weighted by atomic mass is 10.3. The highest BCUT2D eigenvalue weighted by molar-refractivity contribution is 8.14. The van der Waals surface area contributed by atoms with E-state index in [2.05, 4.69) is 20.5 Å². The standard InChI is InChI=1S/C10H6ClFN4OS/c11-4-1-6-7(2-5(4)12)14-9(13-6)8-3-18-10(17)16-15-8/h1-2H,3H2,(H,13,14)(H,16,17). The summed E-state index contributed by atoms with van der Waals surface area (Å²) in [5.41, 5.74) is 4.05. The largest absolute Gasteiger partial charge is 0.337 e. The number of nitrogens with zero attached hydrogens (tertiary/aromatic N) is 2. The van der Waals surface area contributed by atoms with Gasteiger partial charge in [-0.25, -0.2) is 14.8 Å². The maximum atomic E-state index is 13.3. The van der Waals surface area contributed by atoms with Gasteiger partial charge in [0.2, 0.25) is 0 Å². The van der Waals surface area contributed by atoms with Gasteiger partial charge in [-0.05, 0) is 6.07 Å². The van der Waals surface area contributed by atoms with Gasteiger partial charge in [-0.2, -0.15) is 5.10 Å². The molecule has 2 aromatic rings. The fraction of sp³-hybridized carbons (Fsp3) is 0.100. The predicted octanol–water partition coefficient (Wildman–Crippen LogP) is 2.52. The lowest BCUT2D eigenvalue weighted by molar-refractivity contribution is 0.261. The van der Waals surface area contributed by atoms with Crippen LogP contribution >= 0.6 is 23.4 Å². The Morgan fingerprint density at radius 2 is 2.28 bits per heavy atom. The van der Waals surface area contributed by atoms with Crippen LogP contribution < -0.4 is 5.43 Å². The van der Waals surface area contributed by atoms with E-state index in [4.69, 9.17) is 11.6 Å². The number of aromatic amines is 1. The summed E-state index contributed by atoms with van der Waals surface area (Å²) in [7, 11) is 0. The Hall–Kier alpha value is -1.60. The number of carbonyl (C=O) groups excluding carboxylic acids is 1. The molecule has 92 valence electrons. The molecule has 0 radical (unpaired) electrons. The zero-order valence-electron chi connectivity index (χ0n) is 8.83. The van der Waals surface area contributed by atoms with E-state index in [1.807, 2.05) is 0 Å². The van der Waals surface area contributed by atoms with E-state index in [9.17, 15) is 9.18 Å². The molecule has 1 amide bonds. The Morgan fingerprint density at radius 3 is 3.00 bits per heavy atom. The summed E-state index contributed by atoms with van der Waals surface area (Å²) < 4.78 is 13.3. The number of aromatic nitrogens is 2. The summed E-state index contributed by atoms with van der Waals surface area (Å²) in [5.74, 6) is 0.411. The molecule has 0 atom stereocenters. The second-order valence-corrected chi connectivity index (χ2v) is 4.97. The molecule has 0 saturated heterocycles. The van der Waals surface area contributed by atoms with Crippen LogP contribution in [0.25, 0.3) is 11.0 Å². The number of hydrazone groups is 1. The van der Waals surface area contributed by atoms with E-state index in [0.717, 1.165) is 11.8 Å². The van der Waals surface area contributed by atoms with E-state index in [1.165, 1.54) is 12.1 Å². The van der Waals surface area contributed by atoms with Crippen molar-refractivity contribution in [2.24, 2.45) is 5.10 Å². The third-order valence-corrected chi connectivity index (χ3v) is 3.48. The number of nitrogens with one attached hydrogen (secondary N) is 2. The van der Waals surface area contributed by atoms with E-state index in [-0.39, 0.29) is 10.3 Å². The summed E-state index contributed by atoms with van der Waals surface area (Å²) in [6.07, 6.45) is 0. The molecule has 0 spiro atoms. The second kappa shape index (κ2) is 4.25. The van der Waals surface area contributed by atoms with Crippen molar-refractivity contribution in [3.8, 4) is 0 Å².